The van der Waals surface area contributed by atoms with Gasteiger partial charge in [0.05, 0.1) is 11.3 Å². The molecule has 2 fully saturated rings. The number of nitrogens with zero attached hydrogens (tertiary/aromatic N) is 1. The van der Waals surface area contributed by atoms with Crippen LogP contribution in [-0.2, 0) is 4.74 Å². The van der Waals surface area contributed by atoms with Crippen LogP contribution in [-0.4, -0.2) is 31.3 Å². The molecule has 2 N–H and O–H groups in total. The van der Waals surface area contributed by atoms with Crippen molar-refractivity contribution in [1.82, 2.24) is 0 Å². The van der Waals surface area contributed by atoms with Crippen molar-refractivity contribution < 1.29 is 9.13 Å². The van der Waals surface area contributed by atoms with E-state index in [-0.39, 0.29) is 11.4 Å². The summed E-state index contributed by atoms with van der Waals surface area (Å²) in [5.41, 5.74) is 6.46. The predicted octanol–water partition coefficient (Wildman–Crippen LogP) is 3.08. The Morgan fingerprint density at radius 3 is 2.81 bits per heavy atom. The number of anilines is 1. The van der Waals surface area contributed by atoms with E-state index in [0.29, 0.717) is 18.3 Å². The molecule has 1 spiro atoms. The molecule has 0 bridgehead atoms. The van der Waals surface area contributed by atoms with Gasteiger partial charge in [-0.2, -0.15) is 0 Å². The van der Waals surface area contributed by atoms with Crippen molar-refractivity contribution in [1.29, 1.82) is 0 Å². The summed E-state index contributed by atoms with van der Waals surface area (Å²) in [6.45, 7) is 2.25. The number of nitrogens with two attached hydrogens (primary N) is 1. The lowest BCUT2D eigenvalue weighted by atomic mass is 9.73. The molecular formula is C17H25FN2O. The van der Waals surface area contributed by atoms with Gasteiger partial charge in [0.15, 0.2) is 0 Å². The van der Waals surface area contributed by atoms with E-state index >= 15 is 0 Å². The SMILES string of the molecule is NCCCN(c1ccccc1F)C1CCOC2(CCC2)C1. The summed E-state index contributed by atoms with van der Waals surface area (Å²) in [6, 6.07) is 7.45. The smallest absolute Gasteiger partial charge is 0.146 e. The zero-order chi connectivity index (χ0) is 14.7. The van der Waals surface area contributed by atoms with E-state index in [9.17, 15) is 4.39 Å². The van der Waals surface area contributed by atoms with Crippen molar-refractivity contribution in [3.63, 3.8) is 0 Å². The van der Waals surface area contributed by atoms with Crippen LogP contribution in [0.15, 0.2) is 24.3 Å². The van der Waals surface area contributed by atoms with Gasteiger partial charge in [-0.25, -0.2) is 4.39 Å². The predicted molar refractivity (Wildman–Crippen MR) is 83.0 cm³/mol. The van der Waals surface area contributed by atoms with E-state index < -0.39 is 0 Å². The first-order valence-corrected chi connectivity index (χ1v) is 8.09. The second kappa shape index (κ2) is 6.32. The maximum absolute atomic E-state index is 14.2. The minimum Gasteiger partial charge on any atom is -0.375 e. The zero-order valence-electron chi connectivity index (χ0n) is 12.6. The molecular weight excluding hydrogens is 267 g/mol. The molecule has 3 rings (SSSR count). The van der Waals surface area contributed by atoms with Crippen LogP contribution in [0.3, 0.4) is 0 Å². The van der Waals surface area contributed by atoms with Crippen molar-refractivity contribution in [2.45, 2.75) is 50.2 Å². The fourth-order valence-electron chi connectivity index (χ4n) is 3.63. The van der Waals surface area contributed by atoms with E-state index in [1.807, 2.05) is 12.1 Å². The number of para-hydroxylation sites is 1. The lowest BCUT2D eigenvalue weighted by Gasteiger charge is -2.50. The van der Waals surface area contributed by atoms with Crippen LogP contribution in [0.2, 0.25) is 0 Å². The fourth-order valence-corrected chi connectivity index (χ4v) is 3.63. The van der Waals surface area contributed by atoms with Crippen molar-refractivity contribution >= 4 is 5.69 Å². The van der Waals surface area contributed by atoms with Gasteiger partial charge in [0.2, 0.25) is 0 Å². The molecule has 1 heterocycles. The Morgan fingerprint density at radius 2 is 2.14 bits per heavy atom. The molecule has 1 atom stereocenters. The standard InChI is InChI=1S/C17H25FN2O/c18-15-5-1-2-6-16(15)20(11-4-10-19)14-7-12-21-17(13-14)8-3-9-17/h1-2,5-6,14H,3-4,7-13,19H2. The summed E-state index contributed by atoms with van der Waals surface area (Å²) in [4.78, 5) is 2.23. The first kappa shape index (κ1) is 14.8. The molecule has 0 amide bonds. The minimum atomic E-state index is -0.135. The monoisotopic (exact) mass is 292 g/mol. The van der Waals surface area contributed by atoms with Crippen LogP contribution < -0.4 is 10.6 Å². The van der Waals surface area contributed by atoms with Gasteiger partial charge in [0, 0.05) is 19.2 Å². The van der Waals surface area contributed by atoms with E-state index in [2.05, 4.69) is 4.90 Å². The Bertz CT molecular complexity index is 476. The Kier molecular flexibility index (Phi) is 4.45. The molecule has 21 heavy (non-hydrogen) atoms. The van der Waals surface area contributed by atoms with Crippen molar-refractivity contribution in [2.24, 2.45) is 5.73 Å². The highest BCUT2D eigenvalue weighted by atomic mass is 19.1. The molecule has 1 aliphatic heterocycles. The largest absolute Gasteiger partial charge is 0.375 e. The van der Waals surface area contributed by atoms with Gasteiger partial charge < -0.3 is 15.4 Å². The summed E-state index contributed by atoms with van der Waals surface area (Å²) in [6.07, 6.45) is 6.46. The molecule has 1 saturated heterocycles. The van der Waals surface area contributed by atoms with Gasteiger partial charge in [-0.3, -0.25) is 0 Å². The van der Waals surface area contributed by atoms with Gasteiger partial charge >= 0.3 is 0 Å². The summed E-state index contributed by atoms with van der Waals surface area (Å²) in [5, 5.41) is 0. The molecule has 1 unspecified atom stereocenters. The summed E-state index contributed by atoms with van der Waals surface area (Å²) in [5.74, 6) is -0.135. The number of hydrogen-bond donors (Lipinski definition) is 1. The number of rotatable bonds is 5. The van der Waals surface area contributed by atoms with Crippen molar-refractivity contribution in [3.8, 4) is 0 Å². The van der Waals surface area contributed by atoms with E-state index in [0.717, 1.165) is 45.3 Å². The van der Waals surface area contributed by atoms with Crippen LogP contribution >= 0.6 is 0 Å². The van der Waals surface area contributed by atoms with Crippen molar-refractivity contribution in [2.75, 3.05) is 24.6 Å². The third-order valence-corrected chi connectivity index (χ3v) is 4.94. The summed E-state index contributed by atoms with van der Waals surface area (Å²) in [7, 11) is 0. The molecule has 1 aliphatic carbocycles. The van der Waals surface area contributed by atoms with Gasteiger partial charge in [-0.05, 0) is 57.2 Å². The number of hydrogen-bond acceptors (Lipinski definition) is 3. The average molecular weight is 292 g/mol. The second-order valence-electron chi connectivity index (χ2n) is 6.32. The van der Waals surface area contributed by atoms with Crippen LogP contribution in [0.5, 0.6) is 0 Å². The lowest BCUT2D eigenvalue weighted by Crippen LogP contribution is -2.52. The second-order valence-corrected chi connectivity index (χ2v) is 6.32. The highest BCUT2D eigenvalue weighted by Gasteiger charge is 2.44. The first-order valence-electron chi connectivity index (χ1n) is 8.09. The van der Waals surface area contributed by atoms with Gasteiger partial charge in [-0.15, -0.1) is 0 Å². The van der Waals surface area contributed by atoms with Gasteiger partial charge in [0.25, 0.3) is 0 Å². The Morgan fingerprint density at radius 1 is 1.33 bits per heavy atom. The Labute approximate surface area is 126 Å². The normalized spacial score (nSPS) is 23.8. The van der Waals surface area contributed by atoms with Crippen molar-refractivity contribution in [3.05, 3.63) is 30.1 Å². The maximum Gasteiger partial charge on any atom is 0.146 e. The summed E-state index contributed by atoms with van der Waals surface area (Å²) >= 11 is 0. The average Bonchev–Trinajstić information content (AvgIpc) is 2.48. The van der Waals surface area contributed by atoms with E-state index in [1.165, 1.54) is 6.42 Å². The van der Waals surface area contributed by atoms with Crippen LogP contribution in [0.4, 0.5) is 10.1 Å². The maximum atomic E-state index is 14.2. The highest BCUT2D eigenvalue weighted by molar-refractivity contribution is 5.48. The minimum absolute atomic E-state index is 0.0785. The number of ether oxygens (including phenoxy) is 1. The molecule has 1 aromatic rings. The third kappa shape index (κ3) is 3.06. The molecule has 1 saturated carbocycles. The topological polar surface area (TPSA) is 38.5 Å². The zero-order valence-corrected chi connectivity index (χ0v) is 12.6. The Balaban J connectivity index is 1.80. The molecule has 2 aliphatic rings. The first-order chi connectivity index (χ1) is 10.2. The third-order valence-electron chi connectivity index (χ3n) is 4.94. The van der Waals surface area contributed by atoms with E-state index in [4.69, 9.17) is 10.5 Å². The molecule has 4 heteroatoms. The van der Waals surface area contributed by atoms with Gasteiger partial charge in [0.1, 0.15) is 5.82 Å². The number of benzene rings is 1. The summed E-state index contributed by atoms with van der Waals surface area (Å²) < 4.78 is 20.2. The van der Waals surface area contributed by atoms with Crippen LogP contribution in [0.25, 0.3) is 0 Å². The molecule has 0 aromatic heterocycles. The Hall–Kier alpha value is -1.13. The number of halogens is 1. The van der Waals surface area contributed by atoms with Crippen LogP contribution in [0, 0.1) is 5.82 Å². The quantitative estimate of drug-likeness (QED) is 0.906. The molecule has 116 valence electrons. The molecule has 0 radical (unpaired) electrons. The molecule has 3 nitrogen and oxygen atoms in total. The highest BCUT2D eigenvalue weighted by Crippen LogP contribution is 2.44. The molecule has 1 aromatic carbocycles. The lowest BCUT2D eigenvalue weighted by molar-refractivity contribution is -0.132. The van der Waals surface area contributed by atoms with Gasteiger partial charge in [-0.1, -0.05) is 12.1 Å². The van der Waals surface area contributed by atoms with E-state index in [1.54, 1.807) is 12.1 Å². The van der Waals surface area contributed by atoms with Crippen LogP contribution in [0.1, 0.15) is 38.5 Å². The fraction of sp³-hybridized carbons (Fsp3) is 0.647.